The first-order chi connectivity index (χ1) is 7.66. The molecule has 0 atom stereocenters. The van der Waals surface area contributed by atoms with E-state index in [9.17, 15) is 9.50 Å². The largest absolute Gasteiger partial charge is 0.393 e. The molecule has 1 aliphatic rings. The van der Waals surface area contributed by atoms with Gasteiger partial charge in [-0.25, -0.2) is 4.39 Å². The summed E-state index contributed by atoms with van der Waals surface area (Å²) in [5.74, 6) is -0.0892. The van der Waals surface area contributed by atoms with Crippen LogP contribution in [0, 0.1) is 12.7 Å². The van der Waals surface area contributed by atoms with Crippen LogP contribution in [0.15, 0.2) is 18.2 Å². The highest BCUT2D eigenvalue weighted by Gasteiger charge is 2.18. The van der Waals surface area contributed by atoms with E-state index in [1.54, 1.807) is 13.0 Å². The van der Waals surface area contributed by atoms with Crippen LogP contribution in [0.1, 0.15) is 24.0 Å². The Labute approximate surface area is 95.7 Å². The van der Waals surface area contributed by atoms with Crippen LogP contribution in [-0.4, -0.2) is 29.2 Å². The van der Waals surface area contributed by atoms with E-state index in [1.807, 2.05) is 12.1 Å². The molecule has 1 aromatic rings. The molecule has 1 N–H and O–H groups in total. The van der Waals surface area contributed by atoms with Crippen molar-refractivity contribution in [1.82, 2.24) is 4.90 Å². The highest BCUT2D eigenvalue weighted by Crippen LogP contribution is 2.17. The van der Waals surface area contributed by atoms with Crippen LogP contribution in [0.4, 0.5) is 4.39 Å². The van der Waals surface area contributed by atoms with Gasteiger partial charge < -0.3 is 5.11 Å². The predicted octanol–water partition coefficient (Wildman–Crippen LogP) is 2.09. The first-order valence-corrected chi connectivity index (χ1v) is 5.81. The van der Waals surface area contributed by atoms with E-state index >= 15 is 0 Å². The number of nitrogens with zero attached hydrogens (tertiary/aromatic N) is 1. The zero-order valence-corrected chi connectivity index (χ0v) is 9.62. The Morgan fingerprint density at radius 2 is 2.06 bits per heavy atom. The lowest BCUT2D eigenvalue weighted by atomic mass is 10.1. The maximum atomic E-state index is 13.8. The van der Waals surface area contributed by atoms with Gasteiger partial charge in [-0.1, -0.05) is 18.2 Å². The molecule has 88 valence electrons. The molecule has 1 heterocycles. The van der Waals surface area contributed by atoms with Gasteiger partial charge in [0.1, 0.15) is 5.82 Å². The molecule has 1 aromatic carbocycles. The Morgan fingerprint density at radius 1 is 1.38 bits per heavy atom. The van der Waals surface area contributed by atoms with Crippen molar-refractivity contribution in [2.45, 2.75) is 32.4 Å². The fourth-order valence-electron chi connectivity index (χ4n) is 2.15. The maximum Gasteiger partial charge on any atom is 0.130 e. The molecule has 0 aliphatic carbocycles. The van der Waals surface area contributed by atoms with Crippen LogP contribution in [0.2, 0.25) is 0 Å². The molecule has 0 saturated carbocycles. The molecular weight excluding hydrogens is 205 g/mol. The summed E-state index contributed by atoms with van der Waals surface area (Å²) in [5.41, 5.74) is 1.46. The van der Waals surface area contributed by atoms with Gasteiger partial charge in [-0.2, -0.15) is 0 Å². The topological polar surface area (TPSA) is 23.5 Å². The normalized spacial score (nSPS) is 18.9. The molecule has 3 heteroatoms. The summed E-state index contributed by atoms with van der Waals surface area (Å²) in [4.78, 5) is 2.20. The fraction of sp³-hybridized carbons (Fsp3) is 0.538. The van der Waals surface area contributed by atoms with Gasteiger partial charge in [0.05, 0.1) is 6.10 Å². The quantitative estimate of drug-likeness (QED) is 0.830. The van der Waals surface area contributed by atoms with Gasteiger partial charge in [-0.3, -0.25) is 4.90 Å². The first-order valence-electron chi connectivity index (χ1n) is 5.81. The summed E-state index contributed by atoms with van der Waals surface area (Å²) >= 11 is 0. The number of aliphatic hydroxyl groups excluding tert-OH is 1. The minimum absolute atomic E-state index is 0.0892. The summed E-state index contributed by atoms with van der Waals surface area (Å²) in [7, 11) is 0. The minimum Gasteiger partial charge on any atom is -0.393 e. The molecule has 1 aliphatic heterocycles. The molecule has 0 radical (unpaired) electrons. The van der Waals surface area contributed by atoms with E-state index in [-0.39, 0.29) is 11.9 Å². The van der Waals surface area contributed by atoms with E-state index in [4.69, 9.17) is 0 Å². The third-order valence-corrected chi connectivity index (χ3v) is 3.22. The number of hydrogen-bond donors (Lipinski definition) is 1. The summed E-state index contributed by atoms with van der Waals surface area (Å²) < 4.78 is 13.8. The van der Waals surface area contributed by atoms with Crippen molar-refractivity contribution >= 4 is 0 Å². The van der Waals surface area contributed by atoms with Gasteiger partial charge in [0.25, 0.3) is 0 Å². The first kappa shape index (κ1) is 11.6. The van der Waals surface area contributed by atoms with Gasteiger partial charge in [0, 0.05) is 25.2 Å². The van der Waals surface area contributed by atoms with Crippen molar-refractivity contribution in [3.63, 3.8) is 0 Å². The van der Waals surface area contributed by atoms with Crippen molar-refractivity contribution in [3.05, 3.63) is 35.1 Å². The van der Waals surface area contributed by atoms with Gasteiger partial charge in [0.15, 0.2) is 0 Å². The molecular formula is C13H18FNO. The number of aryl methyl sites for hydroxylation is 1. The molecule has 0 amide bonds. The van der Waals surface area contributed by atoms with Crippen LogP contribution in [0.3, 0.4) is 0 Å². The third kappa shape index (κ3) is 2.60. The SMILES string of the molecule is Cc1cccc(CN2CCC(O)CC2)c1F. The lowest BCUT2D eigenvalue weighted by Gasteiger charge is -2.29. The fourth-order valence-corrected chi connectivity index (χ4v) is 2.15. The van der Waals surface area contributed by atoms with E-state index in [0.29, 0.717) is 12.1 Å². The number of benzene rings is 1. The van der Waals surface area contributed by atoms with Crippen LogP contribution >= 0.6 is 0 Å². The smallest absolute Gasteiger partial charge is 0.130 e. The maximum absolute atomic E-state index is 13.8. The summed E-state index contributed by atoms with van der Waals surface area (Å²) in [6.07, 6.45) is 1.43. The Bertz CT molecular complexity index is 359. The van der Waals surface area contributed by atoms with Crippen LogP contribution < -0.4 is 0 Å². The predicted molar refractivity (Wildman–Crippen MR) is 61.7 cm³/mol. The highest BCUT2D eigenvalue weighted by molar-refractivity contribution is 5.24. The van der Waals surface area contributed by atoms with Gasteiger partial charge in [-0.15, -0.1) is 0 Å². The Balaban J connectivity index is 2.01. The second kappa shape index (κ2) is 4.93. The van der Waals surface area contributed by atoms with Crippen molar-refractivity contribution in [1.29, 1.82) is 0 Å². The zero-order valence-electron chi connectivity index (χ0n) is 9.62. The van der Waals surface area contributed by atoms with Crippen LogP contribution in [0.5, 0.6) is 0 Å². The Morgan fingerprint density at radius 3 is 2.75 bits per heavy atom. The molecule has 1 fully saturated rings. The number of aliphatic hydroxyl groups is 1. The molecule has 0 aromatic heterocycles. The second-order valence-corrected chi connectivity index (χ2v) is 4.56. The van der Waals surface area contributed by atoms with E-state index in [1.165, 1.54) is 0 Å². The van der Waals surface area contributed by atoms with Crippen LogP contribution in [0.25, 0.3) is 0 Å². The Kier molecular flexibility index (Phi) is 3.56. The van der Waals surface area contributed by atoms with E-state index < -0.39 is 0 Å². The minimum atomic E-state index is -0.168. The van der Waals surface area contributed by atoms with Crippen molar-refractivity contribution in [2.24, 2.45) is 0 Å². The van der Waals surface area contributed by atoms with Crippen molar-refractivity contribution < 1.29 is 9.50 Å². The Hall–Kier alpha value is -0.930. The third-order valence-electron chi connectivity index (χ3n) is 3.22. The van der Waals surface area contributed by atoms with E-state index in [0.717, 1.165) is 31.5 Å². The number of hydrogen-bond acceptors (Lipinski definition) is 2. The standard InChI is InChI=1S/C13H18FNO/c1-10-3-2-4-11(13(10)14)9-15-7-5-12(16)6-8-15/h2-4,12,16H,5-9H2,1H3. The lowest BCUT2D eigenvalue weighted by Crippen LogP contribution is -2.35. The second-order valence-electron chi connectivity index (χ2n) is 4.56. The monoisotopic (exact) mass is 223 g/mol. The van der Waals surface area contributed by atoms with Crippen LogP contribution in [-0.2, 0) is 6.54 Å². The lowest BCUT2D eigenvalue weighted by molar-refractivity contribution is 0.0787. The summed E-state index contributed by atoms with van der Waals surface area (Å²) in [6, 6.07) is 5.53. The number of rotatable bonds is 2. The molecule has 0 unspecified atom stereocenters. The number of piperidine rings is 1. The molecule has 2 nitrogen and oxygen atoms in total. The molecule has 16 heavy (non-hydrogen) atoms. The van der Waals surface area contributed by atoms with Gasteiger partial charge in [-0.05, 0) is 25.3 Å². The van der Waals surface area contributed by atoms with Gasteiger partial charge in [0.2, 0.25) is 0 Å². The molecule has 0 bridgehead atoms. The highest BCUT2D eigenvalue weighted by atomic mass is 19.1. The average molecular weight is 223 g/mol. The zero-order chi connectivity index (χ0) is 11.5. The average Bonchev–Trinajstić information content (AvgIpc) is 2.28. The number of likely N-dealkylation sites (tertiary alicyclic amines) is 1. The molecule has 0 spiro atoms. The summed E-state index contributed by atoms with van der Waals surface area (Å²) in [5, 5.41) is 9.39. The number of halogens is 1. The van der Waals surface area contributed by atoms with Crippen molar-refractivity contribution in [3.8, 4) is 0 Å². The summed E-state index contributed by atoms with van der Waals surface area (Å²) in [6.45, 7) is 4.15. The van der Waals surface area contributed by atoms with Gasteiger partial charge >= 0.3 is 0 Å². The molecule has 2 rings (SSSR count). The van der Waals surface area contributed by atoms with Crippen molar-refractivity contribution in [2.75, 3.05) is 13.1 Å². The molecule has 1 saturated heterocycles. The van der Waals surface area contributed by atoms with E-state index in [2.05, 4.69) is 4.90 Å².